The Morgan fingerprint density at radius 2 is 1.90 bits per heavy atom. The lowest BCUT2D eigenvalue weighted by Gasteiger charge is -2.12. The summed E-state index contributed by atoms with van der Waals surface area (Å²) in [6.45, 7) is 3.68. The molecule has 2 aromatic carbocycles. The summed E-state index contributed by atoms with van der Waals surface area (Å²) in [6, 6.07) is 11.0. The van der Waals surface area contributed by atoms with E-state index in [0.29, 0.717) is 22.1 Å². The van der Waals surface area contributed by atoms with E-state index >= 15 is 0 Å². The van der Waals surface area contributed by atoms with Crippen LogP contribution in [0.5, 0.6) is 0 Å². The lowest BCUT2D eigenvalue weighted by molar-refractivity contribution is 0.102. The minimum absolute atomic E-state index is 0.243. The zero-order chi connectivity index (χ0) is 20.5. The molecule has 0 spiro atoms. The van der Waals surface area contributed by atoms with Crippen LogP contribution in [0.25, 0.3) is 11.4 Å². The molecule has 2 heterocycles. The van der Waals surface area contributed by atoms with Gasteiger partial charge in [-0.25, -0.2) is 9.07 Å². The highest BCUT2D eigenvalue weighted by Crippen LogP contribution is 2.23. The molecule has 1 amide bonds. The monoisotopic (exact) mass is 411 g/mol. The number of nitrogens with zero attached hydrogens (tertiary/aromatic N) is 6. The third-order valence-corrected chi connectivity index (χ3v) is 4.48. The van der Waals surface area contributed by atoms with Gasteiger partial charge in [0.25, 0.3) is 5.91 Å². The number of aryl methyl sites for hydroxylation is 2. The number of anilines is 1. The van der Waals surface area contributed by atoms with Crippen molar-refractivity contribution in [1.82, 2.24) is 30.0 Å². The van der Waals surface area contributed by atoms with E-state index < -0.39 is 11.7 Å². The molecule has 1 N–H and O–H groups in total. The average molecular weight is 412 g/mol. The first-order valence-electron chi connectivity index (χ1n) is 8.60. The average Bonchev–Trinajstić information content (AvgIpc) is 3.31. The molecule has 0 saturated heterocycles. The summed E-state index contributed by atoms with van der Waals surface area (Å²) < 4.78 is 17.5. The molecule has 0 bridgehead atoms. The number of halogens is 2. The van der Waals surface area contributed by atoms with E-state index in [4.69, 9.17) is 11.6 Å². The van der Waals surface area contributed by atoms with Gasteiger partial charge in [-0.2, -0.15) is 9.78 Å². The second-order valence-electron chi connectivity index (χ2n) is 6.38. The van der Waals surface area contributed by atoms with Crippen molar-refractivity contribution in [1.29, 1.82) is 0 Å². The minimum atomic E-state index is -0.513. The van der Waals surface area contributed by atoms with Crippen LogP contribution >= 0.6 is 11.6 Å². The number of rotatable bonds is 4. The summed E-state index contributed by atoms with van der Waals surface area (Å²) in [4.78, 5) is 12.8. The van der Waals surface area contributed by atoms with Gasteiger partial charge in [0.15, 0.2) is 5.82 Å². The first kappa shape index (κ1) is 18.8. The fourth-order valence-corrected chi connectivity index (χ4v) is 3.16. The highest BCUT2D eigenvalue weighted by molar-refractivity contribution is 6.31. The van der Waals surface area contributed by atoms with Crippen molar-refractivity contribution in [2.75, 3.05) is 5.32 Å². The van der Waals surface area contributed by atoms with Crippen molar-refractivity contribution >= 4 is 23.2 Å². The van der Waals surface area contributed by atoms with Crippen LogP contribution in [-0.4, -0.2) is 35.9 Å². The van der Waals surface area contributed by atoms with E-state index in [0.717, 1.165) is 11.4 Å². The topological polar surface area (TPSA) is 90.5 Å². The fourth-order valence-electron chi connectivity index (χ4n) is 2.99. The van der Waals surface area contributed by atoms with E-state index in [9.17, 15) is 9.18 Å². The Hall–Kier alpha value is -3.59. The highest BCUT2D eigenvalue weighted by atomic mass is 35.5. The van der Waals surface area contributed by atoms with Gasteiger partial charge in [-0.05, 0) is 66.7 Å². The standard InChI is InChI=1S/C19H15ClFN7O/c1-11-7-12(2)28(24-11)18-6-4-14(9-16(18)21)23-19(29)15-8-13(20)3-5-17(15)27-10-22-25-26-27/h3-10H,1-2H3,(H,23,29). The van der Waals surface area contributed by atoms with Gasteiger partial charge in [0.2, 0.25) is 0 Å². The molecule has 2 aromatic heterocycles. The second-order valence-corrected chi connectivity index (χ2v) is 6.81. The van der Waals surface area contributed by atoms with Crippen molar-refractivity contribution in [3.8, 4) is 11.4 Å². The third-order valence-electron chi connectivity index (χ3n) is 4.24. The molecule has 10 heteroatoms. The van der Waals surface area contributed by atoms with Crippen molar-refractivity contribution < 1.29 is 9.18 Å². The van der Waals surface area contributed by atoms with Crippen LogP contribution in [0.1, 0.15) is 21.7 Å². The van der Waals surface area contributed by atoms with Gasteiger partial charge in [-0.1, -0.05) is 11.6 Å². The fraction of sp³-hybridized carbons (Fsp3) is 0.105. The third kappa shape index (κ3) is 3.72. The van der Waals surface area contributed by atoms with Gasteiger partial charge in [0.05, 0.1) is 16.9 Å². The Labute approximate surface area is 169 Å². The molecule has 0 radical (unpaired) electrons. The molecule has 146 valence electrons. The smallest absolute Gasteiger partial charge is 0.257 e. The Morgan fingerprint density at radius 1 is 1.10 bits per heavy atom. The van der Waals surface area contributed by atoms with Crippen molar-refractivity contribution in [3.63, 3.8) is 0 Å². The van der Waals surface area contributed by atoms with Crippen molar-refractivity contribution in [2.24, 2.45) is 0 Å². The highest BCUT2D eigenvalue weighted by Gasteiger charge is 2.16. The number of tetrazole rings is 1. The zero-order valence-corrected chi connectivity index (χ0v) is 16.2. The van der Waals surface area contributed by atoms with Crippen molar-refractivity contribution in [3.05, 3.63) is 76.6 Å². The molecule has 4 aromatic rings. The number of aromatic nitrogens is 6. The predicted molar refractivity (Wildman–Crippen MR) is 105 cm³/mol. The summed E-state index contributed by atoms with van der Waals surface area (Å²) in [5.74, 6) is -0.989. The number of carbonyl (C=O) groups is 1. The van der Waals surface area contributed by atoms with Crippen LogP contribution < -0.4 is 5.32 Å². The molecule has 0 atom stereocenters. The number of nitrogens with one attached hydrogen (secondary N) is 1. The molecular weight excluding hydrogens is 397 g/mol. The van der Waals surface area contributed by atoms with Gasteiger partial charge < -0.3 is 5.32 Å². The maximum atomic E-state index is 14.7. The van der Waals surface area contributed by atoms with Crippen LogP contribution in [0.4, 0.5) is 10.1 Å². The Kier molecular flexibility index (Phi) is 4.81. The Bertz CT molecular complexity index is 1200. The summed E-state index contributed by atoms with van der Waals surface area (Å²) >= 11 is 6.05. The first-order valence-corrected chi connectivity index (χ1v) is 8.97. The summed E-state index contributed by atoms with van der Waals surface area (Å²) in [7, 11) is 0. The molecule has 0 aliphatic carbocycles. The molecule has 29 heavy (non-hydrogen) atoms. The van der Waals surface area contributed by atoms with E-state index in [1.807, 2.05) is 19.9 Å². The molecule has 0 aliphatic rings. The van der Waals surface area contributed by atoms with Crippen LogP contribution in [0.3, 0.4) is 0 Å². The Balaban J connectivity index is 1.64. The van der Waals surface area contributed by atoms with Crippen LogP contribution in [0.15, 0.2) is 48.8 Å². The first-order chi connectivity index (χ1) is 13.9. The number of hydrogen-bond donors (Lipinski definition) is 1. The Morgan fingerprint density at radius 3 is 2.55 bits per heavy atom. The molecule has 4 rings (SSSR count). The maximum absolute atomic E-state index is 14.7. The molecule has 0 saturated carbocycles. The summed E-state index contributed by atoms with van der Waals surface area (Å²) in [5, 5.41) is 18.3. The largest absolute Gasteiger partial charge is 0.322 e. The molecule has 0 aliphatic heterocycles. The molecule has 0 unspecified atom stereocenters. The van der Waals surface area contributed by atoms with Gasteiger partial charge in [0, 0.05) is 16.4 Å². The zero-order valence-electron chi connectivity index (χ0n) is 15.5. The van der Waals surface area contributed by atoms with E-state index in [1.54, 1.807) is 24.3 Å². The van der Waals surface area contributed by atoms with Gasteiger partial charge in [0.1, 0.15) is 12.0 Å². The lowest BCUT2D eigenvalue weighted by atomic mass is 10.1. The SMILES string of the molecule is Cc1cc(C)n(-c2ccc(NC(=O)c3cc(Cl)ccc3-n3cnnn3)cc2F)n1. The van der Waals surface area contributed by atoms with E-state index in [1.165, 1.54) is 27.8 Å². The quantitative estimate of drug-likeness (QED) is 0.555. The minimum Gasteiger partial charge on any atom is -0.322 e. The number of hydrogen-bond acceptors (Lipinski definition) is 5. The number of amides is 1. The van der Waals surface area contributed by atoms with Gasteiger partial charge >= 0.3 is 0 Å². The van der Waals surface area contributed by atoms with Gasteiger partial charge in [-0.3, -0.25) is 4.79 Å². The summed E-state index contributed by atoms with van der Waals surface area (Å²) in [6.07, 6.45) is 1.36. The maximum Gasteiger partial charge on any atom is 0.257 e. The number of carbonyl (C=O) groups excluding carboxylic acids is 1. The van der Waals surface area contributed by atoms with E-state index in [2.05, 4.69) is 25.9 Å². The normalized spacial score (nSPS) is 10.9. The van der Waals surface area contributed by atoms with Crippen molar-refractivity contribution in [2.45, 2.75) is 13.8 Å². The summed E-state index contributed by atoms with van der Waals surface area (Å²) in [5.41, 5.74) is 2.87. The second kappa shape index (κ2) is 7.44. The molecule has 8 nitrogen and oxygen atoms in total. The molecule has 0 fully saturated rings. The predicted octanol–water partition coefficient (Wildman–Crippen LogP) is 3.51. The van der Waals surface area contributed by atoms with Gasteiger partial charge in [-0.15, -0.1) is 5.10 Å². The van der Waals surface area contributed by atoms with E-state index in [-0.39, 0.29) is 5.56 Å². The van der Waals surface area contributed by atoms with Crippen LogP contribution in [0.2, 0.25) is 5.02 Å². The van der Waals surface area contributed by atoms with Crippen LogP contribution in [0, 0.1) is 19.7 Å². The lowest BCUT2D eigenvalue weighted by Crippen LogP contribution is -2.16. The van der Waals surface area contributed by atoms with Crippen LogP contribution in [-0.2, 0) is 0 Å². The number of benzene rings is 2. The molecular formula is C19H15ClFN7O.